The van der Waals surface area contributed by atoms with Gasteiger partial charge in [-0.1, -0.05) is 24.3 Å². The van der Waals surface area contributed by atoms with Crippen LogP contribution in [-0.4, -0.2) is 9.85 Å². The van der Waals surface area contributed by atoms with Crippen LogP contribution in [0.2, 0.25) is 0 Å². The molecule has 1 aliphatic rings. The number of hydrogen-bond donors (Lipinski definition) is 0. The molecule has 0 bridgehead atoms. The molecule has 1 atom stereocenters. The quantitative estimate of drug-likeness (QED) is 0.462. The Balaban J connectivity index is 1.79. The van der Waals surface area contributed by atoms with Gasteiger partial charge in [0, 0.05) is 18.1 Å². The van der Waals surface area contributed by atoms with Gasteiger partial charge in [-0.2, -0.15) is 0 Å². The van der Waals surface area contributed by atoms with E-state index in [4.69, 9.17) is 4.18 Å². The van der Waals surface area contributed by atoms with E-state index in [0.29, 0.717) is 0 Å². The highest BCUT2D eigenvalue weighted by molar-refractivity contribution is 7.94. The lowest BCUT2D eigenvalue weighted by atomic mass is 10.1. The highest BCUT2D eigenvalue weighted by Crippen LogP contribution is 2.41. The summed E-state index contributed by atoms with van der Waals surface area (Å²) in [6, 6.07) is 11.5. The topological polar surface area (TPSA) is 95.5 Å². The number of nitro benzene ring substituents is 2. The Morgan fingerprint density at radius 2 is 1.87 bits per heavy atom. The van der Waals surface area contributed by atoms with Crippen LogP contribution in [0.3, 0.4) is 0 Å². The first-order chi connectivity index (χ1) is 11.1. The van der Waals surface area contributed by atoms with Crippen LogP contribution in [0.15, 0.2) is 47.4 Å². The third kappa shape index (κ3) is 3.17. The molecule has 0 unspecified atom stereocenters. The van der Waals surface area contributed by atoms with Crippen molar-refractivity contribution in [2.45, 2.75) is 23.8 Å². The number of hydrogen-bond acceptors (Lipinski definition) is 6. The van der Waals surface area contributed by atoms with Crippen molar-refractivity contribution in [3.8, 4) is 0 Å². The fraction of sp³-hybridized carbons (Fsp3) is 0.200. The normalized spacial score (nSPS) is 16.1. The number of fused-ring (bicyclic) bond motifs is 1. The Hall–Kier alpha value is -2.45. The third-order valence-corrected chi connectivity index (χ3v) is 4.54. The Bertz CT molecular complexity index is 780. The molecule has 7 nitrogen and oxygen atoms in total. The van der Waals surface area contributed by atoms with E-state index in [1.807, 2.05) is 24.3 Å². The van der Waals surface area contributed by atoms with Gasteiger partial charge in [-0.3, -0.25) is 20.2 Å². The molecule has 2 aromatic rings. The van der Waals surface area contributed by atoms with Gasteiger partial charge in [-0.15, -0.1) is 0 Å². The summed E-state index contributed by atoms with van der Waals surface area (Å²) in [6.07, 6.45) is 1.59. The molecule has 0 aromatic heterocycles. The lowest BCUT2D eigenvalue weighted by Crippen LogP contribution is -1.97. The summed E-state index contributed by atoms with van der Waals surface area (Å²) in [4.78, 5) is 20.8. The van der Waals surface area contributed by atoms with Crippen LogP contribution in [0.25, 0.3) is 0 Å². The molecule has 0 spiro atoms. The van der Waals surface area contributed by atoms with E-state index < -0.39 is 9.85 Å². The molecule has 1 aliphatic carbocycles. The van der Waals surface area contributed by atoms with Crippen molar-refractivity contribution in [1.29, 1.82) is 0 Å². The Morgan fingerprint density at radius 1 is 1.09 bits per heavy atom. The second kappa shape index (κ2) is 6.35. The maximum absolute atomic E-state index is 11.1. The van der Waals surface area contributed by atoms with Crippen LogP contribution >= 0.6 is 12.0 Å². The van der Waals surface area contributed by atoms with Gasteiger partial charge < -0.3 is 4.18 Å². The van der Waals surface area contributed by atoms with Crippen LogP contribution in [0.5, 0.6) is 0 Å². The minimum absolute atomic E-state index is 0.133. The van der Waals surface area contributed by atoms with E-state index in [1.165, 1.54) is 17.7 Å². The number of non-ortho nitro benzene ring substituents is 1. The average molecular weight is 332 g/mol. The first kappa shape index (κ1) is 15.4. The second-order valence-corrected chi connectivity index (χ2v) is 5.87. The predicted octanol–water partition coefficient (Wildman–Crippen LogP) is 4.21. The van der Waals surface area contributed by atoms with Gasteiger partial charge in [0.2, 0.25) is 0 Å². The number of benzene rings is 2. The first-order valence-corrected chi connectivity index (χ1v) is 7.64. The van der Waals surface area contributed by atoms with Crippen LogP contribution < -0.4 is 0 Å². The molecule has 23 heavy (non-hydrogen) atoms. The maximum atomic E-state index is 11.1. The van der Waals surface area contributed by atoms with E-state index >= 15 is 0 Å². The highest BCUT2D eigenvalue weighted by Gasteiger charge is 2.26. The molecule has 0 fully saturated rings. The third-order valence-electron chi connectivity index (χ3n) is 3.68. The number of rotatable bonds is 5. The zero-order valence-corrected chi connectivity index (χ0v) is 12.7. The van der Waals surface area contributed by atoms with Gasteiger partial charge in [0.1, 0.15) is 4.90 Å². The maximum Gasteiger partial charge on any atom is 0.292 e. The molecule has 2 aromatic carbocycles. The number of nitrogens with zero attached hydrogens (tertiary/aromatic N) is 2. The molecule has 0 heterocycles. The largest absolute Gasteiger partial charge is 0.302 e. The predicted molar refractivity (Wildman–Crippen MR) is 84.2 cm³/mol. The lowest BCUT2D eigenvalue weighted by molar-refractivity contribution is -0.396. The summed E-state index contributed by atoms with van der Waals surface area (Å²) in [6.45, 7) is 0. The fourth-order valence-corrected chi connectivity index (χ4v) is 3.32. The zero-order chi connectivity index (χ0) is 16.4. The molecule has 0 amide bonds. The molecule has 0 aliphatic heterocycles. The zero-order valence-electron chi connectivity index (χ0n) is 11.9. The summed E-state index contributed by atoms with van der Waals surface area (Å²) in [7, 11) is 0. The Kier molecular flexibility index (Phi) is 4.26. The van der Waals surface area contributed by atoms with E-state index in [9.17, 15) is 20.2 Å². The van der Waals surface area contributed by atoms with E-state index in [2.05, 4.69) is 0 Å². The second-order valence-electron chi connectivity index (χ2n) is 5.07. The summed E-state index contributed by atoms with van der Waals surface area (Å²) in [5, 5.41) is 21.8. The molecule has 0 saturated carbocycles. The van der Waals surface area contributed by atoms with Gasteiger partial charge in [-0.05, 0) is 30.0 Å². The number of nitro groups is 2. The van der Waals surface area contributed by atoms with Crippen LogP contribution in [0.1, 0.15) is 23.7 Å². The van der Waals surface area contributed by atoms with Crippen molar-refractivity contribution in [2.24, 2.45) is 0 Å². The van der Waals surface area contributed by atoms with Crippen molar-refractivity contribution in [2.75, 3.05) is 0 Å². The lowest BCUT2D eigenvalue weighted by Gasteiger charge is -2.11. The minimum atomic E-state index is -0.657. The van der Waals surface area contributed by atoms with Crippen LogP contribution in [-0.2, 0) is 10.6 Å². The van der Waals surface area contributed by atoms with Crippen molar-refractivity contribution >= 4 is 23.4 Å². The van der Waals surface area contributed by atoms with E-state index in [1.54, 1.807) is 0 Å². The summed E-state index contributed by atoms with van der Waals surface area (Å²) in [5.74, 6) is 0. The summed E-state index contributed by atoms with van der Waals surface area (Å²) < 4.78 is 5.75. The van der Waals surface area contributed by atoms with Crippen molar-refractivity contribution in [1.82, 2.24) is 0 Å². The van der Waals surface area contributed by atoms with Crippen LogP contribution in [0.4, 0.5) is 11.4 Å². The van der Waals surface area contributed by atoms with Gasteiger partial charge in [0.25, 0.3) is 11.4 Å². The van der Waals surface area contributed by atoms with Crippen molar-refractivity contribution in [3.05, 3.63) is 73.8 Å². The Labute approximate surface area is 135 Å². The molecule has 118 valence electrons. The first-order valence-electron chi connectivity index (χ1n) is 6.90. The summed E-state index contributed by atoms with van der Waals surface area (Å²) in [5.41, 5.74) is 1.67. The van der Waals surface area contributed by atoms with Crippen LogP contribution in [0, 0.1) is 20.2 Å². The molecule has 0 saturated heterocycles. The Morgan fingerprint density at radius 3 is 2.61 bits per heavy atom. The van der Waals surface area contributed by atoms with Gasteiger partial charge in [-0.25, -0.2) is 0 Å². The standard InChI is InChI=1S/C15H12N2O5S/c18-16(19)11-6-8-15(13(9-11)17(20)21)23-22-14-7-5-10-3-1-2-4-12(10)14/h1-4,6,8-9,14H,5,7H2/t14-/m0/s1. The van der Waals surface area contributed by atoms with Gasteiger partial charge in [0.15, 0.2) is 0 Å². The molecule has 8 heteroatoms. The monoisotopic (exact) mass is 332 g/mol. The van der Waals surface area contributed by atoms with Gasteiger partial charge in [0.05, 0.1) is 22.0 Å². The van der Waals surface area contributed by atoms with Crippen molar-refractivity contribution < 1.29 is 14.0 Å². The van der Waals surface area contributed by atoms with E-state index in [-0.39, 0.29) is 22.4 Å². The molecule has 3 rings (SSSR count). The van der Waals surface area contributed by atoms with Gasteiger partial charge >= 0.3 is 0 Å². The number of aryl methyl sites for hydroxylation is 1. The minimum Gasteiger partial charge on any atom is -0.302 e. The molecular formula is C15H12N2O5S. The smallest absolute Gasteiger partial charge is 0.292 e. The fourth-order valence-electron chi connectivity index (χ4n) is 2.56. The van der Waals surface area contributed by atoms with E-state index in [0.717, 1.165) is 36.5 Å². The SMILES string of the molecule is O=[N+]([O-])c1ccc(SO[C@H]2CCc3ccccc32)c([N+](=O)[O-])c1. The summed E-state index contributed by atoms with van der Waals surface area (Å²) >= 11 is 0.892. The molecular weight excluding hydrogens is 320 g/mol. The highest BCUT2D eigenvalue weighted by atomic mass is 32.2. The molecule has 0 radical (unpaired) electrons. The van der Waals surface area contributed by atoms with Crippen molar-refractivity contribution in [3.63, 3.8) is 0 Å². The molecule has 0 N–H and O–H groups in total. The average Bonchev–Trinajstić information content (AvgIpc) is 2.95.